The van der Waals surface area contributed by atoms with E-state index >= 15 is 0 Å². The third-order valence-electron chi connectivity index (χ3n) is 6.00. The Kier molecular flexibility index (Phi) is 6.00. The van der Waals surface area contributed by atoms with Crippen LogP contribution in [0.4, 0.5) is 21.7 Å². The summed E-state index contributed by atoms with van der Waals surface area (Å²) in [4.78, 5) is 41.0. The first kappa shape index (κ1) is 23.0. The molecule has 2 aromatic heterocycles. The van der Waals surface area contributed by atoms with E-state index in [1.807, 2.05) is 6.92 Å². The zero-order chi connectivity index (χ0) is 24.7. The minimum Gasteiger partial charge on any atom is -0.378 e. The van der Waals surface area contributed by atoms with E-state index in [0.717, 1.165) is 5.56 Å². The summed E-state index contributed by atoms with van der Waals surface area (Å²) in [6, 6.07) is 5.98. The lowest BCUT2D eigenvalue weighted by Gasteiger charge is -2.26. The van der Waals surface area contributed by atoms with Crippen molar-refractivity contribution in [2.75, 3.05) is 43.6 Å². The average Bonchev–Trinajstić information content (AvgIpc) is 3.35. The molecule has 2 aliphatic rings. The first-order chi connectivity index (χ1) is 16.8. The predicted molar refractivity (Wildman–Crippen MR) is 130 cm³/mol. The van der Waals surface area contributed by atoms with E-state index in [0.29, 0.717) is 66.2 Å². The van der Waals surface area contributed by atoms with Crippen LogP contribution in [0.1, 0.15) is 27.3 Å². The molecule has 3 aromatic rings. The van der Waals surface area contributed by atoms with E-state index in [1.54, 1.807) is 24.1 Å². The number of likely N-dealkylation sites (N-methyl/N-ethyl adjacent to an activating group) is 1. The molecule has 11 heteroatoms. The highest BCUT2D eigenvalue weighted by Gasteiger charge is 2.34. The van der Waals surface area contributed by atoms with E-state index < -0.39 is 5.82 Å². The number of morpholine rings is 1. The van der Waals surface area contributed by atoms with Crippen molar-refractivity contribution < 1.29 is 18.7 Å². The SMILES string of the molecule is Cc1cc(C(=O)N2CCOCC2)[nH]c1/C=C1\C(=O)N(C)c2ncnc(Nc3ccc(F)c(Cl)c3)c21. The number of carbonyl (C=O) groups excluding carboxylic acids is 2. The summed E-state index contributed by atoms with van der Waals surface area (Å²) in [6.07, 6.45) is 3.04. The number of nitrogens with one attached hydrogen (secondary N) is 2. The molecular weight excluding hydrogens is 475 g/mol. The quantitative estimate of drug-likeness (QED) is 0.534. The molecule has 1 aromatic carbocycles. The topological polar surface area (TPSA) is 103 Å². The van der Waals surface area contributed by atoms with Crippen LogP contribution in [-0.2, 0) is 9.53 Å². The molecule has 0 spiro atoms. The summed E-state index contributed by atoms with van der Waals surface area (Å²) in [7, 11) is 1.63. The number of H-pyrrole nitrogens is 1. The number of carbonyl (C=O) groups is 2. The smallest absolute Gasteiger partial charge is 0.270 e. The molecule has 0 saturated carbocycles. The number of anilines is 3. The maximum Gasteiger partial charge on any atom is 0.270 e. The van der Waals surface area contributed by atoms with E-state index in [-0.39, 0.29) is 16.8 Å². The number of amides is 2. The number of rotatable bonds is 4. The Morgan fingerprint density at radius 3 is 2.77 bits per heavy atom. The fraction of sp³-hybridized carbons (Fsp3) is 0.250. The summed E-state index contributed by atoms with van der Waals surface area (Å²) in [5.41, 5.74) is 3.25. The standard InChI is InChI=1S/C24H22ClFN6O3/c1-13-9-19(24(34)32-5-7-35-8-6-32)30-18(13)11-15-20-21(27-12-28-22(20)31(2)23(15)33)29-14-3-4-17(26)16(25)10-14/h3-4,9-12,30H,5-8H2,1-2H3,(H,27,28,29)/b15-11-. The van der Waals surface area contributed by atoms with Crippen LogP contribution in [0.3, 0.4) is 0 Å². The fourth-order valence-corrected chi connectivity index (χ4v) is 4.30. The normalized spacial score (nSPS) is 16.7. The van der Waals surface area contributed by atoms with Gasteiger partial charge < -0.3 is 19.9 Å². The molecule has 0 aliphatic carbocycles. The van der Waals surface area contributed by atoms with Crippen molar-refractivity contribution in [1.29, 1.82) is 0 Å². The molecule has 9 nitrogen and oxygen atoms in total. The Bertz CT molecular complexity index is 1370. The number of fused-ring (bicyclic) bond motifs is 1. The monoisotopic (exact) mass is 496 g/mol. The fourth-order valence-electron chi connectivity index (χ4n) is 4.12. The molecule has 4 heterocycles. The van der Waals surface area contributed by atoms with Crippen LogP contribution in [0, 0.1) is 12.7 Å². The van der Waals surface area contributed by atoms with Crippen molar-refractivity contribution in [2.45, 2.75) is 6.92 Å². The Hall–Kier alpha value is -3.76. The van der Waals surface area contributed by atoms with Gasteiger partial charge in [-0.25, -0.2) is 14.4 Å². The van der Waals surface area contributed by atoms with Crippen LogP contribution in [0.25, 0.3) is 11.6 Å². The molecule has 2 amide bonds. The van der Waals surface area contributed by atoms with Gasteiger partial charge in [-0.1, -0.05) is 11.6 Å². The largest absolute Gasteiger partial charge is 0.378 e. The van der Waals surface area contributed by atoms with Crippen molar-refractivity contribution in [2.24, 2.45) is 0 Å². The lowest BCUT2D eigenvalue weighted by atomic mass is 10.1. The van der Waals surface area contributed by atoms with Gasteiger partial charge in [-0.3, -0.25) is 14.5 Å². The number of aromatic amines is 1. The first-order valence-electron chi connectivity index (χ1n) is 11.0. The third-order valence-corrected chi connectivity index (χ3v) is 6.29. The maximum atomic E-state index is 13.6. The van der Waals surface area contributed by atoms with Crippen molar-refractivity contribution in [3.8, 4) is 0 Å². The highest BCUT2D eigenvalue weighted by Crippen LogP contribution is 2.40. The van der Waals surface area contributed by atoms with E-state index in [1.165, 1.54) is 29.4 Å². The Morgan fingerprint density at radius 1 is 1.26 bits per heavy atom. The van der Waals surface area contributed by atoms with Crippen LogP contribution in [0.2, 0.25) is 5.02 Å². The summed E-state index contributed by atoms with van der Waals surface area (Å²) in [6.45, 7) is 3.95. The number of hydrogen-bond donors (Lipinski definition) is 2. The number of halogens is 2. The molecule has 2 aliphatic heterocycles. The number of aryl methyl sites for hydroxylation is 1. The zero-order valence-electron chi connectivity index (χ0n) is 19.1. The minimum absolute atomic E-state index is 0.0378. The van der Waals surface area contributed by atoms with Crippen molar-refractivity contribution in [1.82, 2.24) is 19.9 Å². The van der Waals surface area contributed by atoms with E-state index in [4.69, 9.17) is 16.3 Å². The summed E-state index contributed by atoms with van der Waals surface area (Å²) < 4.78 is 18.9. The number of nitrogens with zero attached hydrogens (tertiary/aromatic N) is 4. The van der Waals surface area contributed by atoms with Gasteiger partial charge in [0, 0.05) is 31.5 Å². The second-order valence-electron chi connectivity index (χ2n) is 8.28. The van der Waals surface area contributed by atoms with Gasteiger partial charge in [0.1, 0.15) is 29.5 Å². The number of benzene rings is 1. The number of aromatic nitrogens is 3. The Labute approximate surface area is 205 Å². The molecule has 35 heavy (non-hydrogen) atoms. The number of hydrogen-bond acceptors (Lipinski definition) is 6. The van der Waals surface area contributed by atoms with Crippen molar-refractivity contribution in [3.05, 3.63) is 63.9 Å². The van der Waals surface area contributed by atoms with Crippen LogP contribution >= 0.6 is 11.6 Å². The van der Waals surface area contributed by atoms with Gasteiger partial charge in [0.25, 0.3) is 11.8 Å². The van der Waals surface area contributed by atoms with Crippen LogP contribution in [0.15, 0.2) is 30.6 Å². The Morgan fingerprint density at radius 2 is 2.03 bits per heavy atom. The van der Waals surface area contributed by atoms with Gasteiger partial charge in [0.2, 0.25) is 0 Å². The minimum atomic E-state index is -0.537. The molecule has 0 unspecified atom stereocenters. The van der Waals surface area contributed by atoms with Gasteiger partial charge >= 0.3 is 0 Å². The van der Waals surface area contributed by atoms with Crippen LogP contribution < -0.4 is 10.2 Å². The van der Waals surface area contributed by atoms with E-state index in [9.17, 15) is 14.0 Å². The molecule has 0 radical (unpaired) electrons. The molecule has 1 fully saturated rings. The molecular formula is C24H22ClFN6O3. The van der Waals surface area contributed by atoms with Gasteiger partial charge in [-0.05, 0) is 42.8 Å². The molecule has 180 valence electrons. The molecule has 1 saturated heterocycles. The first-order valence-corrected chi connectivity index (χ1v) is 11.3. The van der Waals surface area contributed by atoms with Crippen LogP contribution in [0.5, 0.6) is 0 Å². The highest BCUT2D eigenvalue weighted by molar-refractivity contribution is 6.36. The molecule has 2 N–H and O–H groups in total. The van der Waals surface area contributed by atoms with E-state index in [2.05, 4.69) is 20.3 Å². The van der Waals surface area contributed by atoms with Crippen molar-refractivity contribution in [3.63, 3.8) is 0 Å². The maximum absolute atomic E-state index is 13.6. The van der Waals surface area contributed by atoms with Gasteiger partial charge in [0.15, 0.2) is 0 Å². The lowest BCUT2D eigenvalue weighted by molar-refractivity contribution is -0.112. The molecule has 0 bridgehead atoms. The highest BCUT2D eigenvalue weighted by atomic mass is 35.5. The summed E-state index contributed by atoms with van der Waals surface area (Å²) in [5, 5.41) is 3.07. The number of ether oxygens (including phenoxy) is 1. The predicted octanol–water partition coefficient (Wildman–Crippen LogP) is 3.64. The van der Waals surface area contributed by atoms with Gasteiger partial charge in [-0.2, -0.15) is 0 Å². The van der Waals surface area contributed by atoms with Gasteiger partial charge in [0.05, 0.1) is 29.4 Å². The molecule has 5 rings (SSSR count). The van der Waals surface area contributed by atoms with Gasteiger partial charge in [-0.15, -0.1) is 0 Å². The second kappa shape index (κ2) is 9.12. The average molecular weight is 497 g/mol. The molecule has 0 atom stereocenters. The lowest BCUT2D eigenvalue weighted by Crippen LogP contribution is -2.40. The summed E-state index contributed by atoms with van der Waals surface area (Å²) >= 11 is 5.92. The van der Waals surface area contributed by atoms with Crippen LogP contribution in [-0.4, -0.2) is 65.0 Å². The zero-order valence-corrected chi connectivity index (χ0v) is 19.8. The third kappa shape index (κ3) is 4.26. The Balaban J connectivity index is 1.52. The summed E-state index contributed by atoms with van der Waals surface area (Å²) in [5.74, 6) is -0.118. The van der Waals surface area contributed by atoms with Crippen molar-refractivity contribution >= 4 is 52.4 Å². The second-order valence-corrected chi connectivity index (χ2v) is 8.69.